The highest BCUT2D eigenvalue weighted by Crippen LogP contribution is 2.43. The summed E-state index contributed by atoms with van der Waals surface area (Å²) in [7, 11) is -7.22. The molecule has 2 aliphatic heterocycles. The SMILES string of the molecule is CC(C)(C)c1ccc2c(c1)B1c3c(c([Si](c4ccccc4)(c4ccccc4)c4ccccc4)c(-c4ccccc4)c([Si](c4ccccc4)(c4ccccc4)c4ccccc4)c3-n3c4ccc(C(C)(C)C)cc4c4cc(C(C)(C)C)cc1c43)O2. The summed E-state index contributed by atoms with van der Waals surface area (Å²) >= 11 is 0. The summed E-state index contributed by atoms with van der Waals surface area (Å²) in [5.74, 6) is 1.88. The third kappa shape index (κ3) is 8.10. The van der Waals surface area contributed by atoms with Crippen molar-refractivity contribution in [3.8, 4) is 28.3 Å². The van der Waals surface area contributed by atoms with E-state index in [0.717, 1.165) is 11.5 Å². The molecule has 0 fully saturated rings. The fourth-order valence-corrected chi connectivity index (χ4v) is 24.8. The highest BCUT2D eigenvalue weighted by atomic mass is 28.3. The molecule has 0 radical (unpaired) electrons. The third-order valence-electron chi connectivity index (χ3n) is 18.4. The van der Waals surface area contributed by atoms with Crippen molar-refractivity contribution in [2.45, 2.75) is 78.6 Å². The van der Waals surface area contributed by atoms with Crippen molar-refractivity contribution < 1.29 is 4.74 Å². The molecule has 2 aliphatic rings. The molecular formula is C78H70BNOSi2. The average Bonchev–Trinajstić information content (AvgIpc) is 3.37. The first-order valence-corrected chi connectivity index (χ1v) is 33.7. The Morgan fingerprint density at radius 3 is 1.17 bits per heavy atom. The largest absolute Gasteiger partial charge is 0.458 e. The van der Waals surface area contributed by atoms with E-state index in [2.05, 4.69) is 328 Å². The zero-order valence-corrected chi connectivity index (χ0v) is 51.3. The van der Waals surface area contributed by atoms with E-state index in [1.54, 1.807) is 0 Å². The summed E-state index contributed by atoms with van der Waals surface area (Å²) in [6, 6.07) is 101. The summed E-state index contributed by atoms with van der Waals surface area (Å²) in [6.45, 7) is 21.1. The van der Waals surface area contributed by atoms with Gasteiger partial charge in [-0.25, -0.2) is 0 Å². The summed E-state index contributed by atoms with van der Waals surface area (Å²) in [5.41, 5.74) is 13.5. The molecule has 0 saturated heterocycles. The van der Waals surface area contributed by atoms with Crippen molar-refractivity contribution in [2.24, 2.45) is 0 Å². The predicted octanol–water partition coefficient (Wildman–Crippen LogP) is 12.0. The maximum Gasteiger partial charge on any atom is 0.256 e. The summed E-state index contributed by atoms with van der Waals surface area (Å²) in [5, 5.41) is 13.1. The molecule has 2 nitrogen and oxygen atoms in total. The van der Waals surface area contributed by atoms with Crippen molar-refractivity contribution in [3.63, 3.8) is 0 Å². The lowest BCUT2D eigenvalue weighted by atomic mass is 9.34. The molecule has 0 saturated carbocycles. The number of nitrogens with zero attached hydrogens (tertiary/aromatic N) is 1. The van der Waals surface area contributed by atoms with Crippen LogP contribution in [0.15, 0.2) is 261 Å². The molecule has 14 rings (SSSR count). The number of hydrogen-bond donors (Lipinski definition) is 0. The van der Waals surface area contributed by atoms with Crippen LogP contribution in [-0.4, -0.2) is 27.4 Å². The Labute approximate surface area is 493 Å². The normalized spacial score (nSPS) is 13.2. The van der Waals surface area contributed by atoms with Crippen LogP contribution in [0.2, 0.25) is 0 Å². The van der Waals surface area contributed by atoms with Crippen LogP contribution >= 0.6 is 0 Å². The lowest BCUT2D eigenvalue weighted by Gasteiger charge is -2.46. The minimum Gasteiger partial charge on any atom is -0.458 e. The van der Waals surface area contributed by atoms with Gasteiger partial charge in [0.15, 0.2) is 16.1 Å². The van der Waals surface area contributed by atoms with E-state index in [4.69, 9.17) is 4.74 Å². The number of hydrogen-bond acceptors (Lipinski definition) is 1. The minimum absolute atomic E-state index is 0.0866. The number of fused-ring (bicyclic) bond motifs is 7. The maximum atomic E-state index is 8.34. The summed E-state index contributed by atoms with van der Waals surface area (Å²) in [4.78, 5) is 0. The number of benzene rings is 11. The number of rotatable bonds is 9. The molecule has 0 unspecified atom stereocenters. The van der Waals surface area contributed by atoms with E-state index in [0.29, 0.717) is 0 Å². The standard InChI is InChI=1S/C78H70BNOSi2/c1-76(2,3)54-45-47-67-63(49-54)64-50-56(78(7,8)9)52-66-71(64)80(67)72-70-73(81-68-48-46-55(77(4,5)6)51-65(68)79(66)70)75(83(60-39-25-14-26-40-60,61-41-27-15-28-42-61)62-43-29-16-30-44-62)69(53-31-17-10-18-32-53)74(72)82(57-33-19-11-20-34-57,58-35-21-12-22-36-58)59-37-23-13-24-38-59/h10-52H,1-9H3. The van der Waals surface area contributed by atoms with E-state index in [1.807, 2.05) is 0 Å². The van der Waals surface area contributed by atoms with Gasteiger partial charge in [-0.2, -0.15) is 0 Å². The predicted molar refractivity (Wildman–Crippen MR) is 361 cm³/mol. The molecule has 404 valence electrons. The second kappa shape index (κ2) is 19.6. The van der Waals surface area contributed by atoms with Crippen molar-refractivity contribution in [1.82, 2.24) is 4.57 Å². The van der Waals surface area contributed by atoms with Gasteiger partial charge in [0.1, 0.15) is 11.5 Å². The molecule has 12 aromatic rings. The summed E-state index contributed by atoms with van der Waals surface area (Å²) in [6.07, 6.45) is 0. The second-order valence-electron chi connectivity index (χ2n) is 26.3. The highest BCUT2D eigenvalue weighted by Gasteiger charge is 2.56. The van der Waals surface area contributed by atoms with Gasteiger partial charge in [0.2, 0.25) is 0 Å². The van der Waals surface area contributed by atoms with Gasteiger partial charge in [-0.1, -0.05) is 299 Å². The van der Waals surface area contributed by atoms with Crippen molar-refractivity contribution >= 4 is 103 Å². The van der Waals surface area contributed by atoms with E-state index >= 15 is 0 Å². The van der Waals surface area contributed by atoms with Crippen LogP contribution in [0.3, 0.4) is 0 Å². The van der Waals surface area contributed by atoms with Crippen LogP contribution in [0.4, 0.5) is 0 Å². The van der Waals surface area contributed by atoms with E-state index in [-0.39, 0.29) is 23.0 Å². The van der Waals surface area contributed by atoms with Gasteiger partial charge in [-0.3, -0.25) is 0 Å². The topological polar surface area (TPSA) is 14.2 Å². The van der Waals surface area contributed by atoms with Crippen LogP contribution in [-0.2, 0) is 16.2 Å². The molecule has 5 heteroatoms. The highest BCUT2D eigenvalue weighted by molar-refractivity contribution is 7.24. The van der Waals surface area contributed by atoms with Gasteiger partial charge in [0.25, 0.3) is 6.71 Å². The van der Waals surface area contributed by atoms with Crippen LogP contribution in [0.1, 0.15) is 79.0 Å². The smallest absolute Gasteiger partial charge is 0.256 e. The van der Waals surface area contributed by atoms with Crippen LogP contribution in [0.5, 0.6) is 11.5 Å². The molecule has 0 N–H and O–H groups in total. The van der Waals surface area contributed by atoms with Crippen LogP contribution in [0.25, 0.3) is 38.6 Å². The number of aromatic nitrogens is 1. The van der Waals surface area contributed by atoms with Crippen molar-refractivity contribution in [3.05, 3.63) is 278 Å². The molecule has 0 spiro atoms. The zero-order valence-electron chi connectivity index (χ0n) is 49.3. The lowest BCUT2D eigenvalue weighted by molar-refractivity contribution is 0.490. The quantitative estimate of drug-likeness (QED) is 0.104. The molecule has 11 aromatic carbocycles. The Balaban J connectivity index is 1.37. The van der Waals surface area contributed by atoms with Gasteiger partial charge in [0.05, 0.1) is 5.52 Å². The first-order chi connectivity index (χ1) is 40.1. The first kappa shape index (κ1) is 52.6. The second-order valence-corrected chi connectivity index (χ2v) is 33.8. The zero-order chi connectivity index (χ0) is 57.0. The monoisotopic (exact) mass is 1100 g/mol. The first-order valence-electron chi connectivity index (χ1n) is 29.7. The molecule has 83 heavy (non-hydrogen) atoms. The van der Waals surface area contributed by atoms with E-state index < -0.39 is 16.1 Å². The van der Waals surface area contributed by atoms with Gasteiger partial charge < -0.3 is 9.30 Å². The van der Waals surface area contributed by atoms with Crippen LogP contribution in [0, 0.1) is 0 Å². The van der Waals surface area contributed by atoms with Gasteiger partial charge in [-0.05, 0) is 121 Å². The van der Waals surface area contributed by atoms with Gasteiger partial charge in [-0.15, -0.1) is 0 Å². The van der Waals surface area contributed by atoms with E-state index in [1.165, 1.54) is 113 Å². The van der Waals surface area contributed by atoms with Crippen LogP contribution < -0.4 is 62.6 Å². The van der Waals surface area contributed by atoms with Crippen molar-refractivity contribution in [2.75, 3.05) is 0 Å². The summed E-state index contributed by atoms with van der Waals surface area (Å²) < 4.78 is 11.1. The Hall–Kier alpha value is -8.48. The fraction of sp³-hybridized carbons (Fsp3) is 0.154. The Morgan fingerprint density at radius 1 is 0.361 bits per heavy atom. The maximum absolute atomic E-state index is 8.34. The third-order valence-corrected chi connectivity index (χ3v) is 28.0. The Bertz CT molecular complexity index is 4230. The fourth-order valence-electron chi connectivity index (χ4n) is 14.4. The number of ether oxygens (including phenoxy) is 1. The Morgan fingerprint density at radius 2 is 0.735 bits per heavy atom. The lowest BCUT2D eigenvalue weighted by Crippen LogP contribution is -2.81. The van der Waals surface area contributed by atoms with Crippen molar-refractivity contribution in [1.29, 1.82) is 0 Å². The molecule has 1 aromatic heterocycles. The Kier molecular flexibility index (Phi) is 12.4. The molecule has 0 atom stereocenters. The van der Waals surface area contributed by atoms with E-state index in [9.17, 15) is 0 Å². The molecular weight excluding hydrogens is 1030 g/mol. The molecule has 0 amide bonds. The molecule has 0 aliphatic carbocycles. The average molecular weight is 1100 g/mol. The van der Waals surface area contributed by atoms with Gasteiger partial charge in [0, 0.05) is 27.2 Å². The minimum atomic E-state index is -3.63. The molecule has 3 heterocycles. The van der Waals surface area contributed by atoms with Gasteiger partial charge >= 0.3 is 0 Å². The molecule has 0 bridgehead atoms.